The van der Waals surface area contributed by atoms with Crippen LogP contribution in [0.2, 0.25) is 0 Å². The molecule has 0 amide bonds. The highest BCUT2D eigenvalue weighted by Gasteiger charge is 2.38. The van der Waals surface area contributed by atoms with Gasteiger partial charge in [-0.25, -0.2) is 4.79 Å². The van der Waals surface area contributed by atoms with Gasteiger partial charge in [-0.3, -0.25) is 4.79 Å². The molecule has 0 aromatic heterocycles. The average Bonchev–Trinajstić information content (AvgIpc) is 2.70. The molecule has 3 N–H and O–H groups in total. The molecule has 0 aliphatic rings. The van der Waals surface area contributed by atoms with Crippen LogP contribution >= 0.6 is 0 Å². The zero-order valence-electron chi connectivity index (χ0n) is 17.1. The van der Waals surface area contributed by atoms with Crippen LogP contribution in [0.1, 0.15) is 23.1 Å². The third-order valence-corrected chi connectivity index (χ3v) is 4.17. The molecule has 0 spiro atoms. The Morgan fingerprint density at radius 3 is 2.13 bits per heavy atom. The molecule has 0 bridgehead atoms. The average molecular weight is 441 g/mol. The van der Waals surface area contributed by atoms with Crippen molar-refractivity contribution in [1.82, 2.24) is 5.32 Å². The first kappa shape index (κ1) is 26.0. The highest BCUT2D eigenvalue weighted by molar-refractivity contribution is 5.73. The van der Waals surface area contributed by atoms with Gasteiger partial charge < -0.3 is 20.3 Å². The van der Waals surface area contributed by atoms with Gasteiger partial charge in [0.15, 0.2) is 0 Å². The van der Waals surface area contributed by atoms with E-state index in [-0.39, 0.29) is 6.42 Å². The second kappa shape index (κ2) is 13.3. The Labute approximate surface area is 178 Å². The lowest BCUT2D eigenvalue weighted by atomic mass is 10.1. The number of hydrogen-bond donors (Lipinski definition) is 3. The first-order valence-electron chi connectivity index (χ1n) is 9.58. The molecule has 0 saturated heterocycles. The molecule has 0 atom stereocenters. The third-order valence-electron chi connectivity index (χ3n) is 4.17. The Bertz CT molecular complexity index is 823. The lowest BCUT2D eigenvalue weighted by Gasteiger charge is -2.09. The van der Waals surface area contributed by atoms with E-state index in [1.54, 1.807) is 0 Å². The maximum absolute atomic E-state index is 10.6. The Morgan fingerprint density at radius 2 is 1.58 bits per heavy atom. The van der Waals surface area contributed by atoms with Gasteiger partial charge in [0.05, 0.1) is 13.0 Å². The summed E-state index contributed by atoms with van der Waals surface area (Å²) >= 11 is 0. The van der Waals surface area contributed by atoms with Crippen molar-refractivity contribution >= 4 is 11.9 Å². The maximum atomic E-state index is 10.6. The number of carboxylic acid groups (broad SMARTS) is 2. The number of carboxylic acids is 2. The van der Waals surface area contributed by atoms with Gasteiger partial charge in [-0.2, -0.15) is 13.2 Å². The van der Waals surface area contributed by atoms with Crippen LogP contribution in [0.15, 0.2) is 48.5 Å². The summed E-state index contributed by atoms with van der Waals surface area (Å²) in [7, 11) is 0. The molecule has 6 nitrogen and oxygen atoms in total. The quantitative estimate of drug-likeness (QED) is 0.485. The molecule has 0 saturated carbocycles. The van der Waals surface area contributed by atoms with Gasteiger partial charge in [-0.1, -0.05) is 36.4 Å². The topological polar surface area (TPSA) is 95.9 Å². The zero-order valence-corrected chi connectivity index (χ0v) is 17.1. The number of nitrogens with one attached hydrogen (secondary N) is 1. The van der Waals surface area contributed by atoms with E-state index in [4.69, 9.17) is 19.7 Å². The van der Waals surface area contributed by atoms with Gasteiger partial charge in [0.2, 0.25) is 0 Å². The SMILES string of the molecule is Cc1ccccc1CCOc1ccc(CCNCCC(=O)O)cc1.O=C(O)C(F)(F)F. The van der Waals surface area contributed by atoms with Gasteiger partial charge in [0.1, 0.15) is 5.75 Å². The Balaban J connectivity index is 0.000000592. The fourth-order valence-corrected chi connectivity index (χ4v) is 2.47. The molecule has 170 valence electrons. The van der Waals surface area contributed by atoms with Crippen molar-refractivity contribution in [3.63, 3.8) is 0 Å². The van der Waals surface area contributed by atoms with Crippen molar-refractivity contribution in [2.45, 2.75) is 32.4 Å². The lowest BCUT2D eigenvalue weighted by molar-refractivity contribution is -0.192. The molecular weight excluding hydrogens is 415 g/mol. The van der Waals surface area contributed by atoms with Gasteiger partial charge in [-0.05, 0) is 48.7 Å². The smallest absolute Gasteiger partial charge is 0.490 e. The van der Waals surface area contributed by atoms with Crippen molar-refractivity contribution in [3.8, 4) is 5.75 Å². The van der Waals surface area contributed by atoms with Crippen molar-refractivity contribution in [2.75, 3.05) is 19.7 Å². The predicted octanol–water partition coefficient (Wildman–Crippen LogP) is 3.86. The minimum absolute atomic E-state index is 0.160. The van der Waals surface area contributed by atoms with Crippen LogP contribution in [0.25, 0.3) is 0 Å². The van der Waals surface area contributed by atoms with Crippen LogP contribution < -0.4 is 10.1 Å². The van der Waals surface area contributed by atoms with Crippen molar-refractivity contribution in [1.29, 1.82) is 0 Å². The van der Waals surface area contributed by atoms with Crippen molar-refractivity contribution < 1.29 is 37.7 Å². The molecule has 31 heavy (non-hydrogen) atoms. The predicted molar refractivity (Wildman–Crippen MR) is 109 cm³/mol. The second-order valence-electron chi connectivity index (χ2n) is 6.62. The summed E-state index contributed by atoms with van der Waals surface area (Å²) in [5.41, 5.74) is 3.83. The molecule has 2 aromatic rings. The summed E-state index contributed by atoms with van der Waals surface area (Å²) in [5.74, 6) is -2.65. The molecule has 0 unspecified atom stereocenters. The number of benzene rings is 2. The molecule has 0 aliphatic carbocycles. The fourth-order valence-electron chi connectivity index (χ4n) is 2.47. The molecule has 0 heterocycles. The maximum Gasteiger partial charge on any atom is 0.490 e. The van der Waals surface area contributed by atoms with E-state index in [1.165, 1.54) is 16.7 Å². The monoisotopic (exact) mass is 441 g/mol. The molecular formula is C22H26F3NO5. The van der Waals surface area contributed by atoms with Gasteiger partial charge in [0.25, 0.3) is 0 Å². The summed E-state index contributed by atoms with van der Waals surface area (Å²) < 4.78 is 37.5. The third kappa shape index (κ3) is 11.6. The van der Waals surface area contributed by atoms with E-state index in [2.05, 4.69) is 48.6 Å². The molecule has 0 fully saturated rings. The highest BCUT2D eigenvalue weighted by atomic mass is 19.4. The van der Waals surface area contributed by atoms with Crippen LogP contribution in [-0.4, -0.2) is 48.0 Å². The van der Waals surface area contributed by atoms with Gasteiger partial charge >= 0.3 is 18.1 Å². The number of carbonyl (C=O) groups is 2. The summed E-state index contributed by atoms with van der Waals surface area (Å²) in [6.45, 7) is 4.08. The van der Waals surface area contributed by atoms with Gasteiger partial charge in [-0.15, -0.1) is 0 Å². The first-order valence-corrected chi connectivity index (χ1v) is 9.58. The molecule has 9 heteroatoms. The van der Waals surface area contributed by atoms with E-state index < -0.39 is 18.1 Å². The summed E-state index contributed by atoms with van der Waals surface area (Å²) in [6, 6.07) is 16.5. The lowest BCUT2D eigenvalue weighted by Crippen LogP contribution is -2.21. The molecule has 0 radical (unpaired) electrons. The number of aryl methyl sites for hydroxylation is 1. The van der Waals surface area contributed by atoms with Gasteiger partial charge in [0, 0.05) is 13.0 Å². The molecule has 2 rings (SSSR count). The van der Waals surface area contributed by atoms with Crippen molar-refractivity contribution in [2.24, 2.45) is 0 Å². The summed E-state index contributed by atoms with van der Waals surface area (Å²) in [6.07, 6.45) is -3.14. The molecule has 2 aromatic carbocycles. The number of rotatable bonds is 10. The van der Waals surface area contributed by atoms with Crippen LogP contribution in [0.5, 0.6) is 5.75 Å². The normalized spacial score (nSPS) is 10.7. The van der Waals surface area contributed by atoms with Crippen LogP contribution in [0, 0.1) is 6.92 Å². The highest BCUT2D eigenvalue weighted by Crippen LogP contribution is 2.14. The van der Waals surface area contributed by atoms with Crippen LogP contribution in [0.4, 0.5) is 13.2 Å². The summed E-state index contributed by atoms with van der Waals surface area (Å²) in [5, 5.41) is 18.8. The standard InChI is InChI=1S/C20H25NO3.C2HF3O2/c1-16-4-2-3-5-18(16)12-15-24-19-8-6-17(7-9-19)10-13-21-14-11-20(22)23;3-2(4,5)1(6)7/h2-9,21H,10-15H2,1H3,(H,22,23);(H,6,7). The second-order valence-corrected chi connectivity index (χ2v) is 6.62. The minimum atomic E-state index is -5.08. The first-order chi connectivity index (χ1) is 14.6. The van der Waals surface area contributed by atoms with Crippen molar-refractivity contribution in [3.05, 3.63) is 65.2 Å². The Kier molecular flexibility index (Phi) is 11.1. The van der Waals surface area contributed by atoms with E-state index in [0.29, 0.717) is 13.2 Å². The van der Waals surface area contributed by atoms with Crippen LogP contribution in [-0.2, 0) is 22.4 Å². The number of halogens is 3. The molecule has 0 aliphatic heterocycles. The number of ether oxygens (including phenoxy) is 1. The fraction of sp³-hybridized carbons (Fsp3) is 0.364. The Hall–Kier alpha value is -3.07. The number of alkyl halides is 3. The van der Waals surface area contributed by atoms with E-state index in [1.807, 2.05) is 12.1 Å². The summed E-state index contributed by atoms with van der Waals surface area (Å²) in [4.78, 5) is 19.3. The Morgan fingerprint density at radius 1 is 0.968 bits per heavy atom. The number of hydrogen-bond acceptors (Lipinski definition) is 4. The minimum Gasteiger partial charge on any atom is -0.493 e. The van der Waals surface area contributed by atoms with E-state index in [9.17, 15) is 18.0 Å². The zero-order chi connectivity index (χ0) is 23.3. The van der Waals surface area contributed by atoms with E-state index >= 15 is 0 Å². The largest absolute Gasteiger partial charge is 0.493 e. The number of aliphatic carboxylic acids is 2. The van der Waals surface area contributed by atoms with E-state index in [0.717, 1.165) is 25.1 Å². The van der Waals surface area contributed by atoms with Crippen LogP contribution in [0.3, 0.4) is 0 Å².